The van der Waals surface area contributed by atoms with Gasteiger partial charge in [-0.15, -0.1) is 0 Å². The maximum Gasteiger partial charge on any atom is 0.178 e. The molecule has 0 aromatic carbocycles. The zero-order chi connectivity index (χ0) is 8.39. The van der Waals surface area contributed by atoms with Gasteiger partial charge in [0.1, 0.15) is 0 Å². The Morgan fingerprint density at radius 2 is 2.50 bits per heavy atom. The molecule has 4 heteroatoms. The Balaban J connectivity index is 2.55. The molecule has 0 unspecified atom stereocenters. The maximum atomic E-state index is 4.20. The molecule has 0 aliphatic heterocycles. The van der Waals surface area contributed by atoms with Gasteiger partial charge in [-0.25, -0.2) is 9.50 Å². The van der Waals surface area contributed by atoms with Crippen LogP contribution < -0.4 is 5.32 Å². The third-order valence-corrected chi connectivity index (χ3v) is 1.65. The van der Waals surface area contributed by atoms with Gasteiger partial charge in [-0.2, -0.15) is 5.10 Å². The first-order valence-electron chi connectivity index (χ1n) is 3.94. The van der Waals surface area contributed by atoms with Gasteiger partial charge in [0.05, 0.1) is 11.9 Å². The minimum absolute atomic E-state index is 0.874. The van der Waals surface area contributed by atoms with Crippen molar-refractivity contribution in [3.05, 3.63) is 24.7 Å². The lowest BCUT2D eigenvalue weighted by Gasteiger charge is -1.97. The molecule has 2 rings (SSSR count). The standard InChI is InChI=1S/C8H10N4/c1-2-9-7-6-11-12-5-3-4-10-8(7)12/h3-6,9H,2H2,1H3. The van der Waals surface area contributed by atoms with Crippen molar-refractivity contribution in [2.24, 2.45) is 0 Å². The van der Waals surface area contributed by atoms with Crippen molar-refractivity contribution < 1.29 is 0 Å². The lowest BCUT2D eigenvalue weighted by atomic mass is 10.5. The molecule has 2 heterocycles. The maximum absolute atomic E-state index is 4.20. The van der Waals surface area contributed by atoms with E-state index >= 15 is 0 Å². The minimum atomic E-state index is 0.874. The second kappa shape index (κ2) is 2.81. The molecule has 0 radical (unpaired) electrons. The zero-order valence-electron chi connectivity index (χ0n) is 6.86. The monoisotopic (exact) mass is 162 g/mol. The molecule has 2 aromatic heterocycles. The molecule has 62 valence electrons. The second-order valence-electron chi connectivity index (χ2n) is 2.48. The van der Waals surface area contributed by atoms with Crippen molar-refractivity contribution in [1.29, 1.82) is 0 Å². The van der Waals surface area contributed by atoms with Crippen LogP contribution in [0.15, 0.2) is 24.7 Å². The van der Waals surface area contributed by atoms with Gasteiger partial charge in [0.2, 0.25) is 0 Å². The van der Waals surface area contributed by atoms with Gasteiger partial charge in [0, 0.05) is 18.9 Å². The van der Waals surface area contributed by atoms with Gasteiger partial charge >= 0.3 is 0 Å². The highest BCUT2D eigenvalue weighted by Crippen LogP contribution is 2.11. The molecule has 0 saturated carbocycles. The molecular formula is C8H10N4. The largest absolute Gasteiger partial charge is 0.381 e. The van der Waals surface area contributed by atoms with E-state index in [-0.39, 0.29) is 0 Å². The molecule has 0 atom stereocenters. The highest BCUT2D eigenvalue weighted by molar-refractivity contribution is 5.65. The van der Waals surface area contributed by atoms with Crippen molar-refractivity contribution in [2.45, 2.75) is 6.92 Å². The first kappa shape index (κ1) is 7.09. The molecule has 12 heavy (non-hydrogen) atoms. The number of nitrogens with zero attached hydrogens (tertiary/aromatic N) is 3. The number of nitrogens with one attached hydrogen (secondary N) is 1. The van der Waals surface area contributed by atoms with Crippen LogP contribution in [0.3, 0.4) is 0 Å². The fourth-order valence-corrected chi connectivity index (χ4v) is 1.14. The molecule has 0 aliphatic carbocycles. The van der Waals surface area contributed by atoms with Crippen LogP contribution in [0.25, 0.3) is 5.65 Å². The summed E-state index contributed by atoms with van der Waals surface area (Å²) in [5.74, 6) is 0. The summed E-state index contributed by atoms with van der Waals surface area (Å²) in [6.45, 7) is 2.93. The molecule has 2 aromatic rings. The SMILES string of the molecule is CCNc1cnn2cccnc12. The van der Waals surface area contributed by atoms with Crippen molar-refractivity contribution in [3.8, 4) is 0 Å². The summed E-state index contributed by atoms with van der Waals surface area (Å²) in [4.78, 5) is 4.20. The third-order valence-electron chi connectivity index (χ3n) is 1.65. The van der Waals surface area contributed by atoms with Gasteiger partial charge in [0.25, 0.3) is 0 Å². The Morgan fingerprint density at radius 3 is 3.33 bits per heavy atom. The van der Waals surface area contributed by atoms with E-state index in [1.54, 1.807) is 16.9 Å². The summed E-state index contributed by atoms with van der Waals surface area (Å²) in [6.07, 6.45) is 5.42. The Bertz CT molecular complexity index is 379. The lowest BCUT2D eigenvalue weighted by Crippen LogP contribution is -1.96. The Morgan fingerprint density at radius 1 is 1.58 bits per heavy atom. The van der Waals surface area contributed by atoms with Crippen LogP contribution in [0.2, 0.25) is 0 Å². The van der Waals surface area contributed by atoms with E-state index in [9.17, 15) is 0 Å². The number of rotatable bonds is 2. The fourth-order valence-electron chi connectivity index (χ4n) is 1.14. The summed E-state index contributed by atoms with van der Waals surface area (Å²) in [7, 11) is 0. The van der Waals surface area contributed by atoms with E-state index < -0.39 is 0 Å². The van der Waals surface area contributed by atoms with Gasteiger partial charge in [-0.3, -0.25) is 0 Å². The highest BCUT2D eigenvalue weighted by Gasteiger charge is 2.00. The van der Waals surface area contributed by atoms with Crippen LogP contribution in [0.1, 0.15) is 6.92 Å². The van der Waals surface area contributed by atoms with Crippen molar-refractivity contribution in [1.82, 2.24) is 14.6 Å². The van der Waals surface area contributed by atoms with Crippen LogP contribution >= 0.6 is 0 Å². The number of hydrogen-bond donors (Lipinski definition) is 1. The van der Waals surface area contributed by atoms with Gasteiger partial charge in [-0.1, -0.05) is 0 Å². The van der Waals surface area contributed by atoms with Crippen LogP contribution in [-0.4, -0.2) is 21.1 Å². The summed E-state index contributed by atoms with van der Waals surface area (Å²) in [5, 5.41) is 7.31. The Kier molecular flexibility index (Phi) is 1.66. The number of aromatic nitrogens is 3. The lowest BCUT2D eigenvalue weighted by molar-refractivity contribution is 0.939. The summed E-state index contributed by atoms with van der Waals surface area (Å²) < 4.78 is 1.75. The molecule has 0 spiro atoms. The van der Waals surface area contributed by atoms with E-state index in [4.69, 9.17) is 0 Å². The van der Waals surface area contributed by atoms with Crippen molar-refractivity contribution >= 4 is 11.3 Å². The van der Waals surface area contributed by atoms with Crippen molar-refractivity contribution in [3.63, 3.8) is 0 Å². The van der Waals surface area contributed by atoms with Crippen molar-refractivity contribution in [2.75, 3.05) is 11.9 Å². The number of anilines is 1. The van der Waals surface area contributed by atoms with Crippen LogP contribution in [0.4, 0.5) is 5.69 Å². The van der Waals surface area contributed by atoms with E-state index in [0.29, 0.717) is 0 Å². The van der Waals surface area contributed by atoms with Gasteiger partial charge in [0.15, 0.2) is 5.65 Å². The first-order chi connectivity index (χ1) is 5.92. The van der Waals surface area contributed by atoms with E-state index in [1.807, 2.05) is 19.2 Å². The molecule has 0 saturated heterocycles. The topological polar surface area (TPSA) is 42.2 Å². The van der Waals surface area contributed by atoms with E-state index in [0.717, 1.165) is 17.9 Å². The Labute approximate surface area is 70.2 Å². The minimum Gasteiger partial charge on any atom is -0.381 e. The van der Waals surface area contributed by atoms with Gasteiger partial charge < -0.3 is 5.32 Å². The normalized spacial score (nSPS) is 10.4. The third kappa shape index (κ3) is 1.01. The number of hydrogen-bond acceptors (Lipinski definition) is 3. The quantitative estimate of drug-likeness (QED) is 0.720. The second-order valence-corrected chi connectivity index (χ2v) is 2.48. The van der Waals surface area contributed by atoms with Crippen LogP contribution in [0.5, 0.6) is 0 Å². The predicted molar refractivity (Wildman–Crippen MR) is 47.2 cm³/mol. The summed E-state index contributed by atoms with van der Waals surface area (Å²) in [5.41, 5.74) is 1.86. The first-order valence-corrected chi connectivity index (χ1v) is 3.94. The highest BCUT2D eigenvalue weighted by atomic mass is 15.3. The van der Waals surface area contributed by atoms with Crippen LogP contribution in [-0.2, 0) is 0 Å². The van der Waals surface area contributed by atoms with E-state index in [2.05, 4.69) is 15.4 Å². The molecule has 0 amide bonds. The van der Waals surface area contributed by atoms with E-state index in [1.165, 1.54) is 0 Å². The summed E-state index contributed by atoms with van der Waals surface area (Å²) in [6, 6.07) is 1.86. The fraction of sp³-hybridized carbons (Fsp3) is 0.250. The van der Waals surface area contributed by atoms with Crippen LogP contribution in [0, 0.1) is 0 Å². The predicted octanol–water partition coefficient (Wildman–Crippen LogP) is 1.16. The Hall–Kier alpha value is -1.58. The average molecular weight is 162 g/mol. The smallest absolute Gasteiger partial charge is 0.178 e. The average Bonchev–Trinajstić information content (AvgIpc) is 2.50. The molecule has 1 N–H and O–H groups in total. The van der Waals surface area contributed by atoms with Gasteiger partial charge in [-0.05, 0) is 13.0 Å². The molecule has 0 aliphatic rings. The summed E-state index contributed by atoms with van der Waals surface area (Å²) >= 11 is 0. The zero-order valence-corrected chi connectivity index (χ0v) is 6.86. The molecular weight excluding hydrogens is 152 g/mol. The molecule has 0 fully saturated rings. The molecule has 0 bridgehead atoms. The number of fused-ring (bicyclic) bond motifs is 1. The molecule has 4 nitrogen and oxygen atoms in total.